The summed E-state index contributed by atoms with van der Waals surface area (Å²) in [5, 5.41) is 0. The van der Waals surface area contributed by atoms with E-state index in [9.17, 15) is 0 Å². The number of pyridine rings is 1. The van der Waals surface area contributed by atoms with Gasteiger partial charge in [0.05, 0.1) is 19.0 Å². The maximum absolute atomic E-state index is 5.95. The second-order valence-corrected chi connectivity index (χ2v) is 6.09. The first-order chi connectivity index (χ1) is 9.81. The summed E-state index contributed by atoms with van der Waals surface area (Å²) < 4.78 is 11.3. The SMILES string of the molecule is COc1ccc(Oc2cc(C)c(N)cn2)c(C(C)(C)C)c1. The van der Waals surface area contributed by atoms with Gasteiger partial charge in [0.25, 0.3) is 0 Å². The quantitative estimate of drug-likeness (QED) is 0.924. The van der Waals surface area contributed by atoms with Crippen LogP contribution in [0.5, 0.6) is 17.4 Å². The van der Waals surface area contributed by atoms with Gasteiger partial charge in [0.1, 0.15) is 11.5 Å². The molecule has 0 amide bonds. The molecule has 0 fully saturated rings. The predicted octanol–water partition coefficient (Wildman–Crippen LogP) is 4.07. The number of anilines is 1. The van der Waals surface area contributed by atoms with Crippen molar-refractivity contribution in [2.45, 2.75) is 33.1 Å². The Bertz CT molecular complexity index is 646. The molecule has 21 heavy (non-hydrogen) atoms. The van der Waals surface area contributed by atoms with Crippen molar-refractivity contribution < 1.29 is 9.47 Å². The third-order valence-electron chi connectivity index (χ3n) is 3.34. The van der Waals surface area contributed by atoms with Crippen LogP contribution >= 0.6 is 0 Å². The molecular weight excluding hydrogens is 264 g/mol. The molecule has 4 heteroatoms. The maximum atomic E-state index is 5.95. The van der Waals surface area contributed by atoms with Crippen LogP contribution in [-0.4, -0.2) is 12.1 Å². The van der Waals surface area contributed by atoms with Crippen LogP contribution in [0, 0.1) is 6.92 Å². The minimum Gasteiger partial charge on any atom is -0.497 e. The monoisotopic (exact) mass is 286 g/mol. The number of nitrogens with zero attached hydrogens (tertiary/aromatic N) is 1. The highest BCUT2D eigenvalue weighted by Crippen LogP contribution is 2.36. The van der Waals surface area contributed by atoms with E-state index in [2.05, 4.69) is 25.8 Å². The zero-order valence-corrected chi connectivity index (χ0v) is 13.2. The van der Waals surface area contributed by atoms with Crippen molar-refractivity contribution in [2.75, 3.05) is 12.8 Å². The molecule has 2 rings (SSSR count). The number of hydrogen-bond donors (Lipinski definition) is 1. The van der Waals surface area contributed by atoms with Gasteiger partial charge < -0.3 is 15.2 Å². The van der Waals surface area contributed by atoms with E-state index < -0.39 is 0 Å². The van der Waals surface area contributed by atoms with Gasteiger partial charge in [-0.3, -0.25) is 0 Å². The lowest BCUT2D eigenvalue weighted by Gasteiger charge is -2.23. The highest BCUT2D eigenvalue weighted by atomic mass is 16.5. The molecule has 4 nitrogen and oxygen atoms in total. The van der Waals surface area contributed by atoms with Crippen LogP contribution in [-0.2, 0) is 5.41 Å². The van der Waals surface area contributed by atoms with Gasteiger partial charge in [0, 0.05) is 11.6 Å². The molecule has 112 valence electrons. The van der Waals surface area contributed by atoms with E-state index >= 15 is 0 Å². The normalized spacial score (nSPS) is 11.3. The minimum absolute atomic E-state index is 0.0628. The van der Waals surface area contributed by atoms with E-state index in [1.54, 1.807) is 13.3 Å². The van der Waals surface area contributed by atoms with Gasteiger partial charge in [0.15, 0.2) is 0 Å². The van der Waals surface area contributed by atoms with Crippen molar-refractivity contribution in [3.8, 4) is 17.4 Å². The number of nitrogens with two attached hydrogens (primary N) is 1. The number of ether oxygens (including phenoxy) is 2. The molecule has 0 atom stereocenters. The first-order valence-electron chi connectivity index (χ1n) is 6.90. The number of methoxy groups -OCH3 is 1. The zero-order chi connectivity index (χ0) is 15.6. The molecule has 0 unspecified atom stereocenters. The van der Waals surface area contributed by atoms with Crippen molar-refractivity contribution in [3.63, 3.8) is 0 Å². The van der Waals surface area contributed by atoms with Crippen LogP contribution in [0.2, 0.25) is 0 Å². The van der Waals surface area contributed by atoms with E-state index in [0.717, 1.165) is 22.6 Å². The third kappa shape index (κ3) is 3.45. The predicted molar refractivity (Wildman–Crippen MR) is 85.2 cm³/mol. The fourth-order valence-corrected chi connectivity index (χ4v) is 2.02. The molecule has 0 saturated heterocycles. The average Bonchev–Trinajstić information content (AvgIpc) is 2.42. The third-order valence-corrected chi connectivity index (χ3v) is 3.34. The zero-order valence-electron chi connectivity index (χ0n) is 13.2. The highest BCUT2D eigenvalue weighted by Gasteiger charge is 2.20. The molecule has 2 aromatic rings. The van der Waals surface area contributed by atoms with Gasteiger partial charge in [-0.05, 0) is 36.1 Å². The molecule has 1 aromatic carbocycles. The summed E-state index contributed by atoms with van der Waals surface area (Å²) in [7, 11) is 1.66. The molecule has 0 bridgehead atoms. The summed E-state index contributed by atoms with van der Waals surface area (Å²) in [5.74, 6) is 2.13. The number of hydrogen-bond acceptors (Lipinski definition) is 4. The number of aryl methyl sites for hydroxylation is 1. The smallest absolute Gasteiger partial charge is 0.219 e. The summed E-state index contributed by atoms with van der Waals surface area (Å²) in [6.07, 6.45) is 1.62. The molecule has 0 spiro atoms. The Kier molecular flexibility index (Phi) is 4.07. The molecule has 0 radical (unpaired) electrons. The molecule has 0 aliphatic rings. The van der Waals surface area contributed by atoms with Crippen LogP contribution in [0.25, 0.3) is 0 Å². The van der Waals surface area contributed by atoms with E-state index in [4.69, 9.17) is 15.2 Å². The number of rotatable bonds is 3. The van der Waals surface area contributed by atoms with Crippen molar-refractivity contribution in [2.24, 2.45) is 0 Å². The summed E-state index contributed by atoms with van der Waals surface area (Å²) >= 11 is 0. The van der Waals surface area contributed by atoms with Gasteiger partial charge in [-0.25, -0.2) is 4.98 Å². The van der Waals surface area contributed by atoms with Gasteiger partial charge >= 0.3 is 0 Å². The summed E-state index contributed by atoms with van der Waals surface area (Å²) in [6, 6.07) is 7.63. The van der Waals surface area contributed by atoms with Crippen molar-refractivity contribution in [1.82, 2.24) is 4.98 Å². The topological polar surface area (TPSA) is 57.4 Å². The Balaban J connectivity index is 2.41. The number of benzene rings is 1. The van der Waals surface area contributed by atoms with E-state index in [-0.39, 0.29) is 5.41 Å². The van der Waals surface area contributed by atoms with Gasteiger partial charge in [-0.1, -0.05) is 20.8 Å². The molecule has 0 aliphatic carbocycles. The van der Waals surface area contributed by atoms with Crippen LogP contribution < -0.4 is 15.2 Å². The van der Waals surface area contributed by atoms with E-state index in [1.807, 2.05) is 31.2 Å². The van der Waals surface area contributed by atoms with Crippen molar-refractivity contribution in [3.05, 3.63) is 41.6 Å². The van der Waals surface area contributed by atoms with Crippen LogP contribution in [0.15, 0.2) is 30.5 Å². The first-order valence-corrected chi connectivity index (χ1v) is 6.90. The summed E-state index contributed by atoms with van der Waals surface area (Å²) in [4.78, 5) is 4.22. The molecule has 1 aromatic heterocycles. The lowest BCUT2D eigenvalue weighted by molar-refractivity contribution is 0.405. The second kappa shape index (κ2) is 5.64. The maximum Gasteiger partial charge on any atom is 0.219 e. The standard InChI is InChI=1S/C17H22N2O2/c1-11-8-16(19-10-14(11)18)21-15-7-6-12(20-5)9-13(15)17(2,3)4/h6-10H,18H2,1-5H3. The largest absolute Gasteiger partial charge is 0.497 e. The van der Waals surface area contributed by atoms with Gasteiger partial charge in [-0.2, -0.15) is 0 Å². The number of nitrogen functional groups attached to an aromatic ring is 1. The van der Waals surface area contributed by atoms with Crippen LogP contribution in [0.4, 0.5) is 5.69 Å². The first kappa shape index (κ1) is 15.2. The fourth-order valence-electron chi connectivity index (χ4n) is 2.02. The van der Waals surface area contributed by atoms with E-state index in [0.29, 0.717) is 11.6 Å². The minimum atomic E-state index is -0.0628. The summed E-state index contributed by atoms with van der Waals surface area (Å²) in [6.45, 7) is 8.34. The average molecular weight is 286 g/mol. The second-order valence-electron chi connectivity index (χ2n) is 6.09. The number of aromatic nitrogens is 1. The van der Waals surface area contributed by atoms with Crippen molar-refractivity contribution in [1.29, 1.82) is 0 Å². The highest BCUT2D eigenvalue weighted by molar-refractivity contribution is 5.48. The van der Waals surface area contributed by atoms with Gasteiger partial charge in [0.2, 0.25) is 5.88 Å². The summed E-state index contributed by atoms with van der Waals surface area (Å²) in [5.41, 5.74) is 8.40. The van der Waals surface area contributed by atoms with Crippen molar-refractivity contribution >= 4 is 5.69 Å². The van der Waals surface area contributed by atoms with Crippen LogP contribution in [0.3, 0.4) is 0 Å². The molecular formula is C17H22N2O2. The van der Waals surface area contributed by atoms with Gasteiger partial charge in [-0.15, -0.1) is 0 Å². The Morgan fingerprint density at radius 1 is 1.14 bits per heavy atom. The Hall–Kier alpha value is -2.23. The molecule has 2 N–H and O–H groups in total. The lowest BCUT2D eigenvalue weighted by atomic mass is 9.86. The fraction of sp³-hybridized carbons (Fsp3) is 0.353. The van der Waals surface area contributed by atoms with Crippen LogP contribution in [0.1, 0.15) is 31.9 Å². The lowest BCUT2D eigenvalue weighted by Crippen LogP contribution is -2.13. The molecule has 0 saturated carbocycles. The molecule has 1 heterocycles. The Labute approximate surface area is 125 Å². The Morgan fingerprint density at radius 3 is 2.43 bits per heavy atom. The molecule has 0 aliphatic heterocycles. The van der Waals surface area contributed by atoms with E-state index in [1.165, 1.54) is 0 Å². The Morgan fingerprint density at radius 2 is 1.86 bits per heavy atom.